The van der Waals surface area contributed by atoms with E-state index in [0.29, 0.717) is 51.7 Å². The molecule has 5 rings (SSSR count). The Morgan fingerprint density at radius 2 is 1.91 bits per heavy atom. The van der Waals surface area contributed by atoms with Gasteiger partial charge in [-0.25, -0.2) is 4.98 Å². The molecule has 9 nitrogen and oxygen atoms in total. The van der Waals surface area contributed by atoms with E-state index in [4.69, 9.17) is 9.26 Å². The van der Waals surface area contributed by atoms with Crippen molar-refractivity contribution in [2.24, 2.45) is 0 Å². The minimum absolute atomic E-state index is 0.200. The van der Waals surface area contributed by atoms with Crippen LogP contribution in [0.2, 0.25) is 0 Å². The van der Waals surface area contributed by atoms with Crippen molar-refractivity contribution in [3.05, 3.63) is 77.0 Å². The lowest BCUT2D eigenvalue weighted by Gasteiger charge is -2.10. The molecule has 0 saturated carbocycles. The van der Waals surface area contributed by atoms with Gasteiger partial charge in [-0.2, -0.15) is 10.1 Å². The Kier molecular flexibility index (Phi) is 5.42. The van der Waals surface area contributed by atoms with E-state index in [1.807, 2.05) is 61.5 Å². The number of aromatic nitrogens is 6. The highest BCUT2D eigenvalue weighted by Crippen LogP contribution is 2.29. The van der Waals surface area contributed by atoms with Gasteiger partial charge in [0, 0.05) is 0 Å². The van der Waals surface area contributed by atoms with Gasteiger partial charge in [0.15, 0.2) is 10.8 Å². The number of benzene rings is 2. The van der Waals surface area contributed by atoms with E-state index < -0.39 is 0 Å². The van der Waals surface area contributed by atoms with Crippen LogP contribution >= 0.6 is 11.8 Å². The van der Waals surface area contributed by atoms with Crippen LogP contribution in [0.4, 0.5) is 0 Å². The van der Waals surface area contributed by atoms with Crippen LogP contribution in [0.3, 0.4) is 0 Å². The van der Waals surface area contributed by atoms with Gasteiger partial charge in [-0.3, -0.25) is 14.5 Å². The standard InChI is InChI=1S/C22H18N6O3S/c1-2-30-17-11-7-6-10-15(17)20-24-18(31-27-20)13-32-22-25-19-16(12-23-26-19)21(29)28(22)14-8-4-3-5-9-14/h3-12H,2,13H2,1H3,(H,23,26). The molecule has 0 atom stereocenters. The molecular formula is C22H18N6O3S. The van der Waals surface area contributed by atoms with Gasteiger partial charge in [-0.15, -0.1) is 0 Å². The molecule has 1 N–H and O–H groups in total. The van der Waals surface area contributed by atoms with Crippen LogP contribution in [0.15, 0.2) is 75.3 Å². The van der Waals surface area contributed by atoms with E-state index in [9.17, 15) is 4.79 Å². The van der Waals surface area contributed by atoms with Crippen LogP contribution in [0.25, 0.3) is 28.1 Å². The molecule has 2 aromatic carbocycles. The van der Waals surface area contributed by atoms with Gasteiger partial charge >= 0.3 is 0 Å². The van der Waals surface area contributed by atoms with E-state index in [1.54, 1.807) is 4.57 Å². The SMILES string of the molecule is CCOc1ccccc1-c1noc(CSc2nc3[nH]ncc3c(=O)n2-c2ccccc2)n1. The fourth-order valence-corrected chi connectivity index (χ4v) is 4.10. The van der Waals surface area contributed by atoms with Crippen molar-refractivity contribution in [1.29, 1.82) is 0 Å². The predicted molar refractivity (Wildman–Crippen MR) is 120 cm³/mol. The molecule has 0 aliphatic heterocycles. The molecule has 32 heavy (non-hydrogen) atoms. The Bertz CT molecular complexity index is 1430. The third-order valence-corrected chi connectivity index (χ3v) is 5.61. The lowest BCUT2D eigenvalue weighted by atomic mass is 10.2. The maximum Gasteiger partial charge on any atom is 0.269 e. The van der Waals surface area contributed by atoms with Crippen LogP contribution in [0, 0.1) is 0 Å². The molecule has 0 bridgehead atoms. The van der Waals surface area contributed by atoms with Gasteiger partial charge < -0.3 is 9.26 Å². The summed E-state index contributed by atoms with van der Waals surface area (Å²) in [4.78, 5) is 22.2. The average molecular weight is 446 g/mol. The first kappa shape index (κ1) is 20.0. The Labute approximate surface area is 186 Å². The summed E-state index contributed by atoms with van der Waals surface area (Å²) < 4.78 is 12.7. The minimum atomic E-state index is -0.200. The Hall–Kier alpha value is -3.92. The topological polar surface area (TPSA) is 112 Å². The quantitative estimate of drug-likeness (QED) is 0.296. The fraction of sp³-hybridized carbons (Fsp3) is 0.136. The van der Waals surface area contributed by atoms with E-state index >= 15 is 0 Å². The highest BCUT2D eigenvalue weighted by molar-refractivity contribution is 7.98. The third-order valence-electron chi connectivity index (χ3n) is 4.69. The number of nitrogens with one attached hydrogen (secondary N) is 1. The summed E-state index contributed by atoms with van der Waals surface area (Å²) in [6, 6.07) is 16.9. The molecule has 160 valence electrons. The molecule has 5 aromatic rings. The highest BCUT2D eigenvalue weighted by Gasteiger charge is 2.17. The molecule has 3 aromatic heterocycles. The zero-order chi connectivity index (χ0) is 21.9. The van der Waals surface area contributed by atoms with E-state index in [-0.39, 0.29) is 5.56 Å². The molecule has 3 heterocycles. The number of hydrogen-bond donors (Lipinski definition) is 1. The number of hydrogen-bond acceptors (Lipinski definition) is 8. The molecule has 0 amide bonds. The summed E-state index contributed by atoms with van der Waals surface area (Å²) in [5, 5.41) is 11.7. The number of aromatic amines is 1. The van der Waals surface area contributed by atoms with Gasteiger partial charge in [0.05, 0.1) is 29.8 Å². The Balaban J connectivity index is 1.46. The number of H-pyrrole nitrogens is 1. The summed E-state index contributed by atoms with van der Waals surface area (Å²) in [6.45, 7) is 2.46. The third kappa shape index (κ3) is 3.76. The molecule has 0 radical (unpaired) electrons. The first-order valence-corrected chi connectivity index (χ1v) is 10.9. The largest absolute Gasteiger partial charge is 0.493 e. The summed E-state index contributed by atoms with van der Waals surface area (Å²) in [5.41, 5.74) is 1.70. The van der Waals surface area contributed by atoms with Crippen molar-refractivity contribution in [2.45, 2.75) is 17.8 Å². The zero-order valence-electron chi connectivity index (χ0n) is 17.1. The number of ether oxygens (including phenoxy) is 1. The summed E-state index contributed by atoms with van der Waals surface area (Å²) in [7, 11) is 0. The average Bonchev–Trinajstić information content (AvgIpc) is 3.49. The van der Waals surface area contributed by atoms with Crippen LogP contribution in [-0.4, -0.2) is 36.5 Å². The van der Waals surface area contributed by atoms with E-state index in [0.717, 1.165) is 5.56 Å². The number of para-hydroxylation sites is 2. The summed E-state index contributed by atoms with van der Waals surface area (Å²) in [5.74, 6) is 1.89. The van der Waals surface area contributed by atoms with Gasteiger partial charge in [0.1, 0.15) is 11.1 Å². The predicted octanol–water partition coefficient (Wildman–Crippen LogP) is 3.85. The van der Waals surface area contributed by atoms with Crippen molar-refractivity contribution >= 4 is 22.8 Å². The Morgan fingerprint density at radius 1 is 1.09 bits per heavy atom. The maximum absolute atomic E-state index is 13.1. The van der Waals surface area contributed by atoms with Gasteiger partial charge in [0.25, 0.3) is 5.56 Å². The number of rotatable bonds is 7. The molecule has 0 aliphatic rings. The molecule has 10 heteroatoms. The molecule has 0 spiro atoms. The Morgan fingerprint density at radius 3 is 2.75 bits per heavy atom. The van der Waals surface area contributed by atoms with Crippen LogP contribution in [0.1, 0.15) is 12.8 Å². The van der Waals surface area contributed by atoms with Crippen LogP contribution < -0.4 is 10.3 Å². The van der Waals surface area contributed by atoms with Gasteiger partial charge in [-0.05, 0) is 31.2 Å². The lowest BCUT2D eigenvalue weighted by Crippen LogP contribution is -2.21. The second-order valence-electron chi connectivity index (χ2n) is 6.73. The maximum atomic E-state index is 13.1. The number of thioether (sulfide) groups is 1. The van der Waals surface area contributed by atoms with Crippen molar-refractivity contribution in [3.8, 4) is 22.8 Å². The van der Waals surface area contributed by atoms with E-state index in [2.05, 4.69) is 25.3 Å². The minimum Gasteiger partial charge on any atom is -0.493 e. The van der Waals surface area contributed by atoms with Crippen molar-refractivity contribution < 1.29 is 9.26 Å². The summed E-state index contributed by atoms with van der Waals surface area (Å²) in [6.07, 6.45) is 1.48. The van der Waals surface area contributed by atoms with Crippen molar-refractivity contribution in [3.63, 3.8) is 0 Å². The molecular weight excluding hydrogens is 428 g/mol. The van der Waals surface area contributed by atoms with Crippen molar-refractivity contribution in [1.82, 2.24) is 29.9 Å². The van der Waals surface area contributed by atoms with E-state index in [1.165, 1.54) is 18.0 Å². The molecule has 0 aliphatic carbocycles. The normalized spacial score (nSPS) is 11.2. The highest BCUT2D eigenvalue weighted by atomic mass is 32.2. The second kappa shape index (κ2) is 8.67. The van der Waals surface area contributed by atoms with Gasteiger partial charge in [-0.1, -0.05) is 47.3 Å². The first-order chi connectivity index (χ1) is 15.7. The van der Waals surface area contributed by atoms with Crippen LogP contribution in [0.5, 0.6) is 5.75 Å². The number of nitrogens with zero attached hydrogens (tertiary/aromatic N) is 5. The van der Waals surface area contributed by atoms with Gasteiger partial charge in [0.2, 0.25) is 11.7 Å². The number of fused-ring (bicyclic) bond motifs is 1. The van der Waals surface area contributed by atoms with Crippen molar-refractivity contribution in [2.75, 3.05) is 6.61 Å². The second-order valence-corrected chi connectivity index (χ2v) is 7.67. The zero-order valence-corrected chi connectivity index (χ0v) is 17.9. The molecule has 0 unspecified atom stereocenters. The van der Waals surface area contributed by atoms with Crippen LogP contribution in [-0.2, 0) is 5.75 Å². The lowest BCUT2D eigenvalue weighted by molar-refractivity contribution is 0.341. The first-order valence-electron chi connectivity index (χ1n) is 9.93. The monoisotopic (exact) mass is 446 g/mol. The molecule has 0 saturated heterocycles. The molecule has 0 fully saturated rings. The summed E-state index contributed by atoms with van der Waals surface area (Å²) >= 11 is 1.33. The smallest absolute Gasteiger partial charge is 0.269 e. The fourth-order valence-electron chi connectivity index (χ4n) is 3.26.